The molecule has 0 radical (unpaired) electrons. The lowest BCUT2D eigenvalue weighted by Crippen LogP contribution is -2.29. The van der Waals surface area contributed by atoms with Crippen LogP contribution in [0.5, 0.6) is 0 Å². The zero-order valence-electron chi connectivity index (χ0n) is 17.2. The van der Waals surface area contributed by atoms with Crippen LogP contribution in [0.25, 0.3) is 0 Å². The molecule has 8 heteroatoms. The summed E-state index contributed by atoms with van der Waals surface area (Å²) in [4.78, 5) is 23.8. The van der Waals surface area contributed by atoms with E-state index in [4.69, 9.17) is 0 Å². The molecule has 0 saturated heterocycles. The zero-order valence-corrected chi connectivity index (χ0v) is 18.0. The van der Waals surface area contributed by atoms with Gasteiger partial charge in [-0.05, 0) is 67.9 Å². The highest BCUT2D eigenvalue weighted by Gasteiger charge is 2.14. The maximum absolute atomic E-state index is 12.5. The molecule has 3 aromatic carbocycles. The average Bonchev–Trinajstić information content (AvgIpc) is 2.73. The Morgan fingerprint density at radius 2 is 1.52 bits per heavy atom. The van der Waals surface area contributed by atoms with Crippen LogP contribution in [0.15, 0.2) is 77.7 Å². The number of rotatable bonds is 8. The summed E-state index contributed by atoms with van der Waals surface area (Å²) in [5, 5.41) is 0. The average molecular weight is 438 g/mol. The maximum Gasteiger partial charge on any atom is 0.269 e. The summed E-state index contributed by atoms with van der Waals surface area (Å²) in [6.45, 7) is 3.38. The number of sulfonamides is 1. The first-order valence-electron chi connectivity index (χ1n) is 9.57. The van der Waals surface area contributed by atoms with E-state index in [2.05, 4.69) is 15.6 Å². The van der Waals surface area contributed by atoms with Gasteiger partial charge in [0.05, 0.1) is 10.6 Å². The Labute approximate surface area is 181 Å². The van der Waals surface area contributed by atoms with E-state index in [0.717, 1.165) is 11.1 Å². The Morgan fingerprint density at radius 1 is 0.871 bits per heavy atom. The van der Waals surface area contributed by atoms with Gasteiger partial charge >= 0.3 is 0 Å². The number of hydrogen-bond acceptors (Lipinski definition) is 5. The molecule has 0 unspecified atom stereocenters. The lowest BCUT2D eigenvalue weighted by Gasteiger charge is -2.11. The molecule has 3 rings (SSSR count). The largest absolute Gasteiger partial charge is 0.300 e. The number of Topliss-reactive ketones (excluding diaryl/α,β-unsaturated/α-hetero) is 1. The van der Waals surface area contributed by atoms with Crippen molar-refractivity contribution in [2.45, 2.75) is 25.2 Å². The smallest absolute Gasteiger partial charge is 0.269 e. The Balaban J connectivity index is 1.60. The molecular formula is C23H23N3O4S. The van der Waals surface area contributed by atoms with E-state index >= 15 is 0 Å². The number of benzene rings is 3. The number of carbonyl (C=O) groups excluding carboxylic acids is 2. The Hall–Kier alpha value is -3.65. The third kappa shape index (κ3) is 6.16. The molecule has 0 saturated carbocycles. The number of anilines is 2. The van der Waals surface area contributed by atoms with E-state index in [1.807, 2.05) is 6.92 Å². The number of carbonyl (C=O) groups is 2. The SMILES string of the molecule is CC(=O)Cc1cccc(C(=O)NNc2ccc(NS(=O)(=O)c3ccc(C)cc3)cc2)c1. The van der Waals surface area contributed by atoms with Gasteiger partial charge in [-0.15, -0.1) is 0 Å². The quantitative estimate of drug-likeness (QED) is 0.466. The van der Waals surface area contributed by atoms with E-state index in [-0.39, 0.29) is 23.0 Å². The summed E-state index contributed by atoms with van der Waals surface area (Å²) in [5.74, 6) is -0.330. The van der Waals surface area contributed by atoms with Crippen LogP contribution in [-0.2, 0) is 21.2 Å². The monoisotopic (exact) mass is 437 g/mol. The van der Waals surface area contributed by atoms with Crippen molar-refractivity contribution in [3.05, 3.63) is 89.5 Å². The van der Waals surface area contributed by atoms with Gasteiger partial charge in [0.1, 0.15) is 5.78 Å². The van der Waals surface area contributed by atoms with Crippen LogP contribution >= 0.6 is 0 Å². The molecule has 0 heterocycles. The summed E-state index contributed by atoms with van der Waals surface area (Å²) in [6, 6.07) is 19.9. The van der Waals surface area contributed by atoms with Crippen LogP contribution in [0.2, 0.25) is 0 Å². The fraction of sp³-hybridized carbons (Fsp3) is 0.130. The Kier molecular flexibility index (Phi) is 6.71. The number of ketones is 1. The van der Waals surface area contributed by atoms with Gasteiger partial charge in [0.25, 0.3) is 15.9 Å². The molecule has 3 aromatic rings. The minimum Gasteiger partial charge on any atom is -0.300 e. The molecule has 0 fully saturated rings. The third-order valence-corrected chi connectivity index (χ3v) is 5.83. The van der Waals surface area contributed by atoms with Gasteiger partial charge in [0, 0.05) is 17.7 Å². The second-order valence-corrected chi connectivity index (χ2v) is 8.84. The predicted molar refractivity (Wildman–Crippen MR) is 120 cm³/mol. The van der Waals surface area contributed by atoms with E-state index < -0.39 is 10.0 Å². The van der Waals surface area contributed by atoms with Crippen LogP contribution in [0.3, 0.4) is 0 Å². The van der Waals surface area contributed by atoms with Crippen molar-refractivity contribution in [2.24, 2.45) is 0 Å². The fourth-order valence-electron chi connectivity index (χ4n) is 2.86. The van der Waals surface area contributed by atoms with Gasteiger partial charge in [0.2, 0.25) is 0 Å². The predicted octanol–water partition coefficient (Wildman–Crippen LogP) is 3.68. The van der Waals surface area contributed by atoms with Crippen LogP contribution in [-0.4, -0.2) is 20.1 Å². The fourth-order valence-corrected chi connectivity index (χ4v) is 3.92. The maximum atomic E-state index is 12.5. The molecule has 0 spiro atoms. The summed E-state index contributed by atoms with van der Waals surface area (Å²) in [5.41, 5.74) is 8.51. The highest BCUT2D eigenvalue weighted by molar-refractivity contribution is 7.92. The van der Waals surface area contributed by atoms with Crippen LogP contribution in [0.1, 0.15) is 28.4 Å². The van der Waals surface area contributed by atoms with Gasteiger partial charge < -0.3 is 0 Å². The van der Waals surface area contributed by atoms with Crippen molar-refractivity contribution >= 4 is 33.1 Å². The first-order valence-corrected chi connectivity index (χ1v) is 11.1. The summed E-state index contributed by atoms with van der Waals surface area (Å²) in [7, 11) is -3.68. The van der Waals surface area contributed by atoms with Gasteiger partial charge in [-0.1, -0.05) is 29.8 Å². The lowest BCUT2D eigenvalue weighted by atomic mass is 10.1. The minimum atomic E-state index is -3.68. The van der Waals surface area contributed by atoms with Crippen molar-refractivity contribution in [3.8, 4) is 0 Å². The number of hydrazine groups is 1. The molecule has 0 aliphatic rings. The van der Waals surface area contributed by atoms with E-state index in [1.54, 1.807) is 72.8 Å². The molecule has 0 aromatic heterocycles. The van der Waals surface area contributed by atoms with Crippen LogP contribution < -0.4 is 15.6 Å². The number of aryl methyl sites for hydroxylation is 1. The molecule has 0 atom stereocenters. The molecule has 0 aliphatic heterocycles. The van der Waals surface area contributed by atoms with Crippen molar-refractivity contribution in [1.82, 2.24) is 5.43 Å². The summed E-state index contributed by atoms with van der Waals surface area (Å²) >= 11 is 0. The molecule has 0 aliphatic carbocycles. The molecule has 1 amide bonds. The highest BCUT2D eigenvalue weighted by Crippen LogP contribution is 2.18. The molecule has 31 heavy (non-hydrogen) atoms. The molecule has 3 N–H and O–H groups in total. The summed E-state index contributed by atoms with van der Waals surface area (Å²) in [6.07, 6.45) is 0.272. The Morgan fingerprint density at radius 3 is 2.16 bits per heavy atom. The molecular weight excluding hydrogens is 414 g/mol. The van der Waals surface area contributed by atoms with Gasteiger partial charge in [-0.25, -0.2) is 8.42 Å². The third-order valence-electron chi connectivity index (χ3n) is 4.43. The van der Waals surface area contributed by atoms with Gasteiger partial charge in [-0.2, -0.15) is 0 Å². The zero-order chi connectivity index (χ0) is 22.4. The van der Waals surface area contributed by atoms with Gasteiger partial charge in [-0.3, -0.25) is 25.2 Å². The van der Waals surface area contributed by atoms with Crippen molar-refractivity contribution in [2.75, 3.05) is 10.1 Å². The molecule has 0 bridgehead atoms. The van der Waals surface area contributed by atoms with Gasteiger partial charge in [0.15, 0.2) is 0 Å². The highest BCUT2D eigenvalue weighted by atomic mass is 32.2. The first kappa shape index (κ1) is 22.0. The van der Waals surface area contributed by atoms with Crippen LogP contribution in [0.4, 0.5) is 11.4 Å². The first-order chi connectivity index (χ1) is 14.7. The van der Waals surface area contributed by atoms with Crippen molar-refractivity contribution in [1.29, 1.82) is 0 Å². The number of amides is 1. The number of nitrogens with one attached hydrogen (secondary N) is 3. The van der Waals surface area contributed by atoms with Crippen LogP contribution in [0, 0.1) is 6.92 Å². The molecule has 7 nitrogen and oxygen atoms in total. The Bertz CT molecular complexity index is 1190. The standard InChI is InChI=1S/C23H23N3O4S/c1-16-6-12-22(13-7-16)31(29,30)26-21-10-8-20(9-11-21)24-25-23(28)19-5-3-4-18(15-19)14-17(2)27/h3-13,15,24,26H,14H2,1-2H3,(H,25,28). The lowest BCUT2D eigenvalue weighted by molar-refractivity contribution is -0.116. The van der Waals surface area contributed by atoms with E-state index in [1.165, 1.54) is 6.92 Å². The van der Waals surface area contributed by atoms with Crippen molar-refractivity contribution < 1.29 is 18.0 Å². The van der Waals surface area contributed by atoms with Crippen molar-refractivity contribution in [3.63, 3.8) is 0 Å². The second-order valence-electron chi connectivity index (χ2n) is 7.15. The molecule has 160 valence electrons. The normalized spacial score (nSPS) is 10.9. The number of hydrogen-bond donors (Lipinski definition) is 3. The van der Waals surface area contributed by atoms with E-state index in [0.29, 0.717) is 16.9 Å². The minimum absolute atomic E-state index is 0.0220. The second kappa shape index (κ2) is 9.44. The summed E-state index contributed by atoms with van der Waals surface area (Å²) < 4.78 is 27.4. The topological polar surface area (TPSA) is 104 Å². The van der Waals surface area contributed by atoms with E-state index in [9.17, 15) is 18.0 Å².